The number of aryl methyl sites for hydroxylation is 1. The second kappa shape index (κ2) is 7.68. The molecular weight excluding hydrogens is 326 g/mol. The van der Waals surface area contributed by atoms with Gasteiger partial charge in [0.1, 0.15) is 16.4 Å². The molecule has 0 fully saturated rings. The zero-order valence-corrected chi connectivity index (χ0v) is 15.2. The predicted octanol–water partition coefficient (Wildman–Crippen LogP) is 3.44. The molecule has 2 rings (SSSR count). The first-order valence-electron chi connectivity index (χ1n) is 7.72. The molecule has 2 aromatic carbocycles. The fourth-order valence-electron chi connectivity index (χ4n) is 2.47. The lowest BCUT2D eigenvalue weighted by molar-refractivity contribution is 0.401. The van der Waals surface area contributed by atoms with Crippen LogP contribution in [-0.4, -0.2) is 22.6 Å². The third kappa shape index (κ3) is 4.07. The molecule has 0 radical (unpaired) electrons. The van der Waals surface area contributed by atoms with Gasteiger partial charge in [0, 0.05) is 6.04 Å². The van der Waals surface area contributed by atoms with E-state index in [9.17, 15) is 8.42 Å². The molecule has 2 aromatic rings. The number of hydrogen-bond donors (Lipinski definition) is 1. The highest BCUT2D eigenvalue weighted by atomic mass is 32.2. The molecule has 0 aliphatic heterocycles. The van der Waals surface area contributed by atoms with E-state index >= 15 is 0 Å². The van der Waals surface area contributed by atoms with E-state index in [1.165, 1.54) is 7.11 Å². The summed E-state index contributed by atoms with van der Waals surface area (Å²) in [5.74, 6) is 1.06. The summed E-state index contributed by atoms with van der Waals surface area (Å²) in [5.41, 5.74) is 1.74. The van der Waals surface area contributed by atoms with Gasteiger partial charge in [0.15, 0.2) is 0 Å². The molecule has 0 saturated carbocycles. The molecule has 0 saturated heterocycles. The normalized spacial score (nSPS) is 12.7. The van der Waals surface area contributed by atoms with Gasteiger partial charge in [-0.15, -0.1) is 0 Å². The minimum atomic E-state index is -3.71. The quantitative estimate of drug-likeness (QED) is 0.832. The average molecular weight is 349 g/mol. The Labute approximate surface area is 143 Å². The third-order valence-corrected chi connectivity index (χ3v) is 5.33. The van der Waals surface area contributed by atoms with E-state index in [1.54, 1.807) is 19.2 Å². The highest BCUT2D eigenvalue weighted by molar-refractivity contribution is 7.89. The first-order valence-corrected chi connectivity index (χ1v) is 9.20. The van der Waals surface area contributed by atoms with Crippen molar-refractivity contribution in [3.8, 4) is 11.5 Å². The number of hydrogen-bond acceptors (Lipinski definition) is 4. The molecule has 130 valence electrons. The molecule has 0 aliphatic carbocycles. The van der Waals surface area contributed by atoms with Crippen LogP contribution >= 0.6 is 0 Å². The first kappa shape index (κ1) is 18.3. The Balaban J connectivity index is 2.33. The van der Waals surface area contributed by atoms with Crippen LogP contribution in [0.4, 0.5) is 0 Å². The molecule has 0 amide bonds. The Morgan fingerprint density at radius 1 is 1.04 bits per heavy atom. The Kier molecular flexibility index (Phi) is 5.85. The van der Waals surface area contributed by atoms with E-state index in [0.717, 1.165) is 16.9 Å². The summed E-state index contributed by atoms with van der Waals surface area (Å²) in [5, 5.41) is 0. The second-order valence-corrected chi connectivity index (χ2v) is 7.19. The minimum absolute atomic E-state index is 0.150. The lowest BCUT2D eigenvalue weighted by atomic mass is 10.1. The summed E-state index contributed by atoms with van der Waals surface area (Å²) < 4.78 is 38.7. The van der Waals surface area contributed by atoms with Gasteiger partial charge < -0.3 is 9.47 Å². The third-order valence-electron chi connectivity index (χ3n) is 3.83. The van der Waals surface area contributed by atoms with Gasteiger partial charge in [0.25, 0.3) is 0 Å². The topological polar surface area (TPSA) is 64.6 Å². The summed E-state index contributed by atoms with van der Waals surface area (Å²) in [7, 11) is -0.648. The van der Waals surface area contributed by atoms with Gasteiger partial charge in [0.2, 0.25) is 10.0 Å². The Morgan fingerprint density at radius 3 is 2.25 bits per heavy atom. The summed E-state index contributed by atoms with van der Waals surface area (Å²) in [6.07, 6.45) is 0.625. The van der Waals surface area contributed by atoms with Crippen LogP contribution in [0.2, 0.25) is 0 Å². The number of nitrogens with one attached hydrogen (secondary N) is 1. The molecule has 5 nitrogen and oxygen atoms in total. The fraction of sp³-hybridized carbons (Fsp3) is 0.333. The van der Waals surface area contributed by atoms with Crippen molar-refractivity contribution in [1.29, 1.82) is 0 Å². The molecule has 6 heteroatoms. The maximum absolute atomic E-state index is 12.8. The van der Waals surface area contributed by atoms with Crippen molar-refractivity contribution in [2.75, 3.05) is 14.2 Å². The SMILES string of the molecule is CC[C@@H](NS(=O)(=O)c1cc(C)ccc1OC)c1ccc(OC)cc1. The Morgan fingerprint density at radius 2 is 1.71 bits per heavy atom. The number of methoxy groups -OCH3 is 2. The molecular formula is C18H23NO4S. The van der Waals surface area contributed by atoms with Crippen LogP contribution < -0.4 is 14.2 Å². The van der Waals surface area contributed by atoms with Crippen molar-refractivity contribution < 1.29 is 17.9 Å². The van der Waals surface area contributed by atoms with E-state index in [4.69, 9.17) is 9.47 Å². The molecule has 1 atom stereocenters. The highest BCUT2D eigenvalue weighted by Crippen LogP contribution is 2.28. The van der Waals surface area contributed by atoms with Crippen molar-refractivity contribution in [1.82, 2.24) is 4.72 Å². The van der Waals surface area contributed by atoms with Crippen LogP contribution in [0.3, 0.4) is 0 Å². The largest absolute Gasteiger partial charge is 0.497 e. The zero-order valence-electron chi connectivity index (χ0n) is 14.4. The van der Waals surface area contributed by atoms with Crippen LogP contribution in [0, 0.1) is 6.92 Å². The van der Waals surface area contributed by atoms with Crippen LogP contribution in [0.5, 0.6) is 11.5 Å². The lowest BCUT2D eigenvalue weighted by Crippen LogP contribution is -2.28. The van der Waals surface area contributed by atoms with Crippen molar-refractivity contribution >= 4 is 10.0 Å². The molecule has 24 heavy (non-hydrogen) atoms. The van der Waals surface area contributed by atoms with E-state index in [2.05, 4.69) is 4.72 Å². The van der Waals surface area contributed by atoms with Gasteiger partial charge >= 0.3 is 0 Å². The Hall–Kier alpha value is -2.05. The Bertz CT molecular complexity index is 785. The van der Waals surface area contributed by atoms with E-state index in [-0.39, 0.29) is 10.9 Å². The van der Waals surface area contributed by atoms with E-state index < -0.39 is 10.0 Å². The number of benzene rings is 2. The maximum Gasteiger partial charge on any atom is 0.244 e. The summed E-state index contributed by atoms with van der Waals surface area (Å²) in [6.45, 7) is 3.78. The van der Waals surface area contributed by atoms with Gasteiger partial charge in [-0.3, -0.25) is 0 Å². The van der Waals surface area contributed by atoms with Crippen LogP contribution in [-0.2, 0) is 10.0 Å². The molecule has 0 spiro atoms. The number of rotatable bonds is 7. The van der Waals surface area contributed by atoms with Crippen molar-refractivity contribution in [3.05, 3.63) is 53.6 Å². The van der Waals surface area contributed by atoms with Crippen LogP contribution in [0.25, 0.3) is 0 Å². The summed E-state index contributed by atoms with van der Waals surface area (Å²) in [4.78, 5) is 0.150. The molecule has 0 aliphatic rings. The van der Waals surface area contributed by atoms with Gasteiger partial charge in [-0.05, 0) is 48.7 Å². The van der Waals surface area contributed by atoms with E-state index in [0.29, 0.717) is 12.2 Å². The fourth-order valence-corrected chi connectivity index (χ4v) is 4.03. The maximum atomic E-state index is 12.8. The predicted molar refractivity (Wildman–Crippen MR) is 94.1 cm³/mol. The van der Waals surface area contributed by atoms with Crippen LogP contribution in [0.15, 0.2) is 47.4 Å². The monoisotopic (exact) mass is 349 g/mol. The average Bonchev–Trinajstić information content (AvgIpc) is 2.59. The van der Waals surface area contributed by atoms with Gasteiger partial charge in [-0.25, -0.2) is 13.1 Å². The van der Waals surface area contributed by atoms with Crippen molar-refractivity contribution in [2.45, 2.75) is 31.2 Å². The number of sulfonamides is 1. The van der Waals surface area contributed by atoms with Gasteiger partial charge in [-0.1, -0.05) is 25.1 Å². The second-order valence-electron chi connectivity index (χ2n) is 5.51. The van der Waals surface area contributed by atoms with Crippen molar-refractivity contribution in [2.24, 2.45) is 0 Å². The zero-order chi connectivity index (χ0) is 17.7. The molecule has 1 N–H and O–H groups in total. The number of ether oxygens (including phenoxy) is 2. The van der Waals surface area contributed by atoms with Crippen LogP contribution in [0.1, 0.15) is 30.5 Å². The molecule has 0 bridgehead atoms. The van der Waals surface area contributed by atoms with Gasteiger partial charge in [0.05, 0.1) is 14.2 Å². The molecule has 0 heterocycles. The summed E-state index contributed by atoms with van der Waals surface area (Å²) >= 11 is 0. The van der Waals surface area contributed by atoms with Crippen molar-refractivity contribution in [3.63, 3.8) is 0 Å². The first-order chi connectivity index (χ1) is 11.4. The summed E-state index contributed by atoms with van der Waals surface area (Å²) in [6, 6.07) is 12.1. The minimum Gasteiger partial charge on any atom is -0.497 e. The lowest BCUT2D eigenvalue weighted by Gasteiger charge is -2.19. The molecule has 0 aromatic heterocycles. The highest BCUT2D eigenvalue weighted by Gasteiger charge is 2.24. The smallest absolute Gasteiger partial charge is 0.244 e. The van der Waals surface area contributed by atoms with E-state index in [1.807, 2.05) is 44.2 Å². The molecule has 0 unspecified atom stereocenters. The standard InChI is InChI=1S/C18H23NO4S/c1-5-16(14-7-9-15(22-3)10-8-14)19-24(20,21)18-12-13(2)6-11-17(18)23-4/h6-12,16,19H,5H2,1-4H3/t16-/m1/s1. The van der Waals surface area contributed by atoms with Gasteiger partial charge in [-0.2, -0.15) is 0 Å².